The Hall–Kier alpha value is -0.830. The van der Waals surface area contributed by atoms with Crippen molar-refractivity contribution in [3.63, 3.8) is 0 Å². The monoisotopic (exact) mass is 284 g/mol. The molecule has 0 aliphatic carbocycles. The number of carbonyl (C=O) groups excluding carboxylic acids is 1. The highest BCUT2D eigenvalue weighted by atomic mass is 79.9. The van der Waals surface area contributed by atoms with E-state index in [0.717, 1.165) is 18.4 Å². The Kier molecular flexibility index (Phi) is 5.53. The van der Waals surface area contributed by atoms with Gasteiger partial charge in [-0.25, -0.2) is 0 Å². The minimum Gasteiger partial charge on any atom is -0.507 e. The Morgan fingerprint density at radius 2 is 2.12 bits per heavy atom. The molecule has 0 spiro atoms. The van der Waals surface area contributed by atoms with Gasteiger partial charge >= 0.3 is 0 Å². The number of phenols is 1. The number of halogens is 1. The van der Waals surface area contributed by atoms with Crippen molar-refractivity contribution in [2.45, 2.75) is 32.6 Å². The van der Waals surface area contributed by atoms with Crippen LogP contribution in [0.3, 0.4) is 0 Å². The largest absolute Gasteiger partial charge is 0.507 e. The molecule has 0 unspecified atom stereocenters. The van der Waals surface area contributed by atoms with Crippen molar-refractivity contribution in [3.8, 4) is 5.75 Å². The molecule has 0 saturated heterocycles. The summed E-state index contributed by atoms with van der Waals surface area (Å²) in [4.78, 5) is 11.4. The number of unbranched alkanes of at least 4 members (excludes halogenated alkanes) is 2. The van der Waals surface area contributed by atoms with Gasteiger partial charge in [0.1, 0.15) is 5.75 Å². The van der Waals surface area contributed by atoms with Crippen LogP contribution in [0.15, 0.2) is 18.2 Å². The van der Waals surface area contributed by atoms with Gasteiger partial charge in [-0.2, -0.15) is 0 Å². The van der Waals surface area contributed by atoms with Gasteiger partial charge in [-0.3, -0.25) is 4.79 Å². The number of hydrogen-bond donors (Lipinski definition) is 1. The van der Waals surface area contributed by atoms with E-state index in [1.54, 1.807) is 12.1 Å². The molecule has 2 nitrogen and oxygen atoms in total. The second kappa shape index (κ2) is 6.69. The first kappa shape index (κ1) is 13.2. The van der Waals surface area contributed by atoms with Gasteiger partial charge in [0, 0.05) is 0 Å². The number of phenolic OH excluding ortho intramolecular Hbond substituents is 1. The van der Waals surface area contributed by atoms with E-state index < -0.39 is 0 Å². The smallest absolute Gasteiger partial charge is 0.177 e. The summed E-state index contributed by atoms with van der Waals surface area (Å²) in [5.41, 5.74) is 1.49. The maximum atomic E-state index is 11.4. The van der Waals surface area contributed by atoms with E-state index in [1.807, 2.05) is 6.07 Å². The second-order valence-electron chi connectivity index (χ2n) is 3.87. The van der Waals surface area contributed by atoms with E-state index in [9.17, 15) is 9.90 Å². The fraction of sp³-hybridized carbons (Fsp3) is 0.462. The van der Waals surface area contributed by atoms with Crippen molar-refractivity contribution >= 4 is 21.7 Å². The molecule has 0 aliphatic rings. The number of carbonyl (C=O) groups is 1. The third-order valence-electron chi connectivity index (χ3n) is 2.55. The number of rotatable bonds is 6. The van der Waals surface area contributed by atoms with E-state index in [-0.39, 0.29) is 16.9 Å². The predicted octanol–water partition coefficient (Wildman–Crippen LogP) is 3.70. The fourth-order valence-electron chi connectivity index (χ4n) is 1.62. The molecule has 0 heterocycles. The standard InChI is InChI=1S/C13H17BrO2/c1-2-3-4-5-10-6-7-11(12(15)8-10)13(16)9-14/h6-8,15H,2-5,9H2,1H3. The zero-order valence-corrected chi connectivity index (χ0v) is 11.1. The third-order valence-corrected chi connectivity index (χ3v) is 3.06. The topological polar surface area (TPSA) is 37.3 Å². The number of alkyl halides is 1. The summed E-state index contributed by atoms with van der Waals surface area (Å²) in [6.45, 7) is 2.16. The van der Waals surface area contributed by atoms with E-state index in [1.165, 1.54) is 12.8 Å². The molecule has 1 aromatic rings. The molecule has 1 rings (SSSR count). The van der Waals surface area contributed by atoms with Gasteiger partial charge in [0.25, 0.3) is 0 Å². The number of aryl methyl sites for hydroxylation is 1. The lowest BCUT2D eigenvalue weighted by atomic mass is 10.0. The molecule has 0 bridgehead atoms. The molecule has 1 aromatic carbocycles. The van der Waals surface area contributed by atoms with Crippen molar-refractivity contribution in [2.75, 3.05) is 5.33 Å². The zero-order chi connectivity index (χ0) is 12.0. The molecule has 0 fully saturated rings. The molecule has 0 radical (unpaired) electrons. The number of Topliss-reactive ketones (excluding diaryl/α,β-unsaturated/α-hetero) is 1. The Bertz CT molecular complexity index is 361. The summed E-state index contributed by atoms with van der Waals surface area (Å²) < 4.78 is 0. The van der Waals surface area contributed by atoms with E-state index in [4.69, 9.17) is 0 Å². The molecular weight excluding hydrogens is 268 g/mol. The van der Waals surface area contributed by atoms with Gasteiger partial charge in [-0.15, -0.1) is 0 Å². The number of hydrogen-bond acceptors (Lipinski definition) is 2. The minimum atomic E-state index is -0.0855. The summed E-state index contributed by atoms with van der Waals surface area (Å²) in [5, 5.41) is 9.95. The van der Waals surface area contributed by atoms with Crippen LogP contribution in [-0.2, 0) is 6.42 Å². The fourth-order valence-corrected chi connectivity index (χ4v) is 1.92. The molecule has 0 amide bonds. The van der Waals surface area contributed by atoms with Gasteiger partial charge in [0.05, 0.1) is 10.9 Å². The third kappa shape index (κ3) is 3.63. The Morgan fingerprint density at radius 1 is 1.38 bits per heavy atom. The molecule has 16 heavy (non-hydrogen) atoms. The van der Waals surface area contributed by atoms with Gasteiger partial charge in [0.15, 0.2) is 5.78 Å². The van der Waals surface area contributed by atoms with Crippen LogP contribution in [0.2, 0.25) is 0 Å². The van der Waals surface area contributed by atoms with Crippen LogP contribution in [0.4, 0.5) is 0 Å². The van der Waals surface area contributed by atoms with E-state index in [0.29, 0.717) is 5.56 Å². The van der Waals surface area contributed by atoms with Gasteiger partial charge in [0.2, 0.25) is 0 Å². The maximum absolute atomic E-state index is 11.4. The summed E-state index contributed by atoms with van der Waals surface area (Å²) >= 11 is 3.09. The van der Waals surface area contributed by atoms with E-state index >= 15 is 0 Å². The quantitative estimate of drug-likeness (QED) is 0.491. The molecule has 0 aliphatic heterocycles. The summed E-state index contributed by atoms with van der Waals surface area (Å²) in [5.74, 6) is 0.0102. The van der Waals surface area contributed by atoms with Crippen LogP contribution >= 0.6 is 15.9 Å². The van der Waals surface area contributed by atoms with Crippen molar-refractivity contribution < 1.29 is 9.90 Å². The van der Waals surface area contributed by atoms with Crippen molar-refractivity contribution in [1.82, 2.24) is 0 Å². The Balaban J connectivity index is 2.71. The lowest BCUT2D eigenvalue weighted by molar-refractivity contribution is 0.102. The predicted molar refractivity (Wildman–Crippen MR) is 69.5 cm³/mol. The minimum absolute atomic E-state index is 0.0855. The van der Waals surface area contributed by atoms with Crippen LogP contribution < -0.4 is 0 Å². The van der Waals surface area contributed by atoms with Crippen molar-refractivity contribution in [1.29, 1.82) is 0 Å². The Morgan fingerprint density at radius 3 is 2.69 bits per heavy atom. The first-order chi connectivity index (χ1) is 7.69. The molecule has 1 N–H and O–H groups in total. The lowest BCUT2D eigenvalue weighted by Gasteiger charge is -2.05. The average molecular weight is 285 g/mol. The highest BCUT2D eigenvalue weighted by molar-refractivity contribution is 9.09. The van der Waals surface area contributed by atoms with Crippen LogP contribution in [0.25, 0.3) is 0 Å². The van der Waals surface area contributed by atoms with Crippen molar-refractivity contribution in [2.24, 2.45) is 0 Å². The zero-order valence-electron chi connectivity index (χ0n) is 9.50. The molecule has 0 aromatic heterocycles. The van der Waals surface area contributed by atoms with Gasteiger partial charge < -0.3 is 5.11 Å². The molecule has 0 atom stereocenters. The van der Waals surface area contributed by atoms with Gasteiger partial charge in [-0.05, 0) is 30.5 Å². The Labute approximate surface area is 105 Å². The highest BCUT2D eigenvalue weighted by Gasteiger charge is 2.09. The van der Waals surface area contributed by atoms with Crippen LogP contribution in [0.1, 0.15) is 42.1 Å². The van der Waals surface area contributed by atoms with E-state index in [2.05, 4.69) is 22.9 Å². The molecule has 3 heteroatoms. The first-order valence-electron chi connectivity index (χ1n) is 5.60. The molecule has 0 saturated carbocycles. The van der Waals surface area contributed by atoms with Crippen LogP contribution in [0.5, 0.6) is 5.75 Å². The lowest BCUT2D eigenvalue weighted by Crippen LogP contribution is -2.00. The SMILES string of the molecule is CCCCCc1ccc(C(=O)CBr)c(O)c1. The highest BCUT2D eigenvalue weighted by Crippen LogP contribution is 2.21. The normalized spacial score (nSPS) is 10.4. The maximum Gasteiger partial charge on any atom is 0.177 e. The number of ketones is 1. The van der Waals surface area contributed by atoms with Crippen LogP contribution in [-0.4, -0.2) is 16.2 Å². The molecule has 88 valence electrons. The second-order valence-corrected chi connectivity index (χ2v) is 4.43. The van der Waals surface area contributed by atoms with Crippen molar-refractivity contribution in [3.05, 3.63) is 29.3 Å². The summed E-state index contributed by atoms with van der Waals surface area (Å²) in [6, 6.07) is 5.33. The average Bonchev–Trinajstić information content (AvgIpc) is 2.29. The first-order valence-corrected chi connectivity index (χ1v) is 6.72. The van der Waals surface area contributed by atoms with Gasteiger partial charge in [-0.1, -0.05) is 41.8 Å². The molecular formula is C13H17BrO2. The van der Waals surface area contributed by atoms with Crippen LogP contribution in [0, 0.1) is 0 Å². The summed E-state index contributed by atoms with van der Waals surface area (Å²) in [7, 11) is 0. The summed E-state index contributed by atoms with van der Waals surface area (Å²) in [6.07, 6.45) is 4.47. The number of aromatic hydroxyl groups is 1. The number of benzene rings is 1.